The molecule has 3 heteroatoms. The number of rotatable bonds is 3. The second-order valence-corrected chi connectivity index (χ2v) is 7.48. The van der Waals surface area contributed by atoms with Crippen LogP contribution in [0, 0.1) is 31.6 Å². The molecule has 1 aliphatic carbocycles. The summed E-state index contributed by atoms with van der Waals surface area (Å²) in [6.45, 7) is 8.95. The van der Waals surface area contributed by atoms with Crippen molar-refractivity contribution in [3.05, 3.63) is 15.6 Å². The topological polar surface area (TPSA) is 38.9 Å². The maximum absolute atomic E-state index is 6.31. The van der Waals surface area contributed by atoms with Gasteiger partial charge < -0.3 is 5.73 Å². The lowest BCUT2D eigenvalue weighted by molar-refractivity contribution is 0.189. The second kappa shape index (κ2) is 5.70. The molecule has 0 saturated heterocycles. The van der Waals surface area contributed by atoms with Crippen molar-refractivity contribution >= 4 is 11.3 Å². The standard InChI is InChI=1S/C15H26N2S/c1-9(2)12-5-6-14(16)13(7-12)8-15-17-10(3)11(4)18-15/h9,12-14H,5-8,16H2,1-4H3. The number of nitrogens with zero attached hydrogens (tertiary/aromatic N) is 1. The first-order chi connectivity index (χ1) is 8.47. The minimum atomic E-state index is 0.379. The number of aryl methyl sites for hydroxylation is 2. The van der Waals surface area contributed by atoms with Crippen molar-refractivity contribution in [1.29, 1.82) is 0 Å². The number of hydrogen-bond acceptors (Lipinski definition) is 3. The fraction of sp³-hybridized carbons (Fsp3) is 0.800. The van der Waals surface area contributed by atoms with Crippen LogP contribution in [0.2, 0.25) is 0 Å². The van der Waals surface area contributed by atoms with Crippen LogP contribution in [0.1, 0.15) is 48.7 Å². The van der Waals surface area contributed by atoms with E-state index in [9.17, 15) is 0 Å². The molecule has 3 unspecified atom stereocenters. The van der Waals surface area contributed by atoms with Gasteiger partial charge in [0.15, 0.2) is 0 Å². The summed E-state index contributed by atoms with van der Waals surface area (Å²) in [6, 6.07) is 0.379. The van der Waals surface area contributed by atoms with Crippen molar-refractivity contribution in [2.75, 3.05) is 0 Å². The average molecular weight is 266 g/mol. The molecule has 0 aliphatic heterocycles. The molecular weight excluding hydrogens is 240 g/mol. The molecule has 1 fully saturated rings. The summed E-state index contributed by atoms with van der Waals surface area (Å²) in [6.07, 6.45) is 4.88. The Morgan fingerprint density at radius 2 is 2.06 bits per heavy atom. The molecule has 0 aromatic carbocycles. The molecule has 3 atom stereocenters. The highest BCUT2D eigenvalue weighted by atomic mass is 32.1. The summed E-state index contributed by atoms with van der Waals surface area (Å²) < 4.78 is 0. The largest absolute Gasteiger partial charge is 0.327 e. The zero-order valence-corrected chi connectivity index (χ0v) is 12.9. The van der Waals surface area contributed by atoms with E-state index in [1.807, 2.05) is 11.3 Å². The lowest BCUT2D eigenvalue weighted by Crippen LogP contribution is -2.38. The summed E-state index contributed by atoms with van der Waals surface area (Å²) in [7, 11) is 0. The molecule has 0 spiro atoms. The van der Waals surface area contributed by atoms with Crippen molar-refractivity contribution < 1.29 is 0 Å². The lowest BCUT2D eigenvalue weighted by Gasteiger charge is -2.35. The first kappa shape index (κ1) is 14.0. The Hall–Kier alpha value is -0.410. The van der Waals surface area contributed by atoms with Crippen LogP contribution in [0.25, 0.3) is 0 Å². The van der Waals surface area contributed by atoms with Gasteiger partial charge >= 0.3 is 0 Å². The second-order valence-electron chi connectivity index (χ2n) is 6.19. The van der Waals surface area contributed by atoms with Gasteiger partial charge in [0, 0.05) is 17.3 Å². The quantitative estimate of drug-likeness (QED) is 0.906. The van der Waals surface area contributed by atoms with E-state index in [1.54, 1.807) is 0 Å². The summed E-state index contributed by atoms with van der Waals surface area (Å²) in [4.78, 5) is 6.03. The van der Waals surface area contributed by atoms with Gasteiger partial charge in [-0.25, -0.2) is 4.98 Å². The highest BCUT2D eigenvalue weighted by Gasteiger charge is 2.30. The SMILES string of the molecule is Cc1nc(CC2CC(C(C)C)CCC2N)sc1C. The van der Waals surface area contributed by atoms with Gasteiger partial charge in [-0.3, -0.25) is 0 Å². The van der Waals surface area contributed by atoms with E-state index < -0.39 is 0 Å². The van der Waals surface area contributed by atoms with E-state index in [0.717, 1.165) is 18.3 Å². The summed E-state index contributed by atoms with van der Waals surface area (Å²) in [5.41, 5.74) is 7.51. The maximum atomic E-state index is 6.31. The predicted molar refractivity (Wildman–Crippen MR) is 78.9 cm³/mol. The Labute approximate surface area is 115 Å². The van der Waals surface area contributed by atoms with E-state index >= 15 is 0 Å². The zero-order chi connectivity index (χ0) is 13.3. The molecule has 1 aromatic rings. The predicted octanol–water partition coefficient (Wildman–Crippen LogP) is 3.70. The molecule has 1 saturated carbocycles. The van der Waals surface area contributed by atoms with Crippen LogP contribution in [0.15, 0.2) is 0 Å². The number of nitrogens with two attached hydrogens (primary N) is 1. The van der Waals surface area contributed by atoms with Gasteiger partial charge in [-0.1, -0.05) is 13.8 Å². The number of hydrogen-bond donors (Lipinski definition) is 1. The summed E-state index contributed by atoms with van der Waals surface area (Å²) >= 11 is 1.85. The molecule has 2 nitrogen and oxygen atoms in total. The number of thiazole rings is 1. The van der Waals surface area contributed by atoms with Gasteiger partial charge in [0.25, 0.3) is 0 Å². The van der Waals surface area contributed by atoms with Crippen LogP contribution in [0.5, 0.6) is 0 Å². The fourth-order valence-electron chi connectivity index (χ4n) is 3.01. The van der Waals surface area contributed by atoms with Gasteiger partial charge in [0.2, 0.25) is 0 Å². The highest BCUT2D eigenvalue weighted by Crippen LogP contribution is 2.35. The van der Waals surface area contributed by atoms with Gasteiger partial charge in [0.1, 0.15) is 0 Å². The average Bonchev–Trinajstić information content (AvgIpc) is 2.61. The minimum Gasteiger partial charge on any atom is -0.327 e. The van der Waals surface area contributed by atoms with Crippen molar-refractivity contribution in [1.82, 2.24) is 4.98 Å². The molecule has 1 aliphatic rings. The van der Waals surface area contributed by atoms with Crippen molar-refractivity contribution in [3.8, 4) is 0 Å². The van der Waals surface area contributed by atoms with Crippen molar-refractivity contribution in [2.45, 2.75) is 59.4 Å². The van der Waals surface area contributed by atoms with E-state index in [4.69, 9.17) is 5.73 Å². The molecule has 1 aromatic heterocycles. The Morgan fingerprint density at radius 1 is 1.33 bits per heavy atom. The zero-order valence-electron chi connectivity index (χ0n) is 12.1. The Kier molecular flexibility index (Phi) is 4.44. The third kappa shape index (κ3) is 3.12. The molecule has 2 N–H and O–H groups in total. The first-order valence-electron chi connectivity index (χ1n) is 7.15. The normalized spacial score (nSPS) is 28.9. The highest BCUT2D eigenvalue weighted by molar-refractivity contribution is 7.11. The Morgan fingerprint density at radius 3 is 2.61 bits per heavy atom. The monoisotopic (exact) mass is 266 g/mol. The van der Waals surface area contributed by atoms with Gasteiger partial charge in [0.05, 0.1) is 10.7 Å². The molecular formula is C15H26N2S. The smallest absolute Gasteiger partial charge is 0.0934 e. The molecule has 0 amide bonds. The Bertz CT molecular complexity index is 378. The van der Waals surface area contributed by atoms with Crippen LogP contribution in [-0.4, -0.2) is 11.0 Å². The van der Waals surface area contributed by atoms with Crippen molar-refractivity contribution in [2.24, 2.45) is 23.5 Å². The summed E-state index contributed by atoms with van der Waals surface area (Å²) in [5, 5.41) is 1.29. The minimum absolute atomic E-state index is 0.379. The summed E-state index contributed by atoms with van der Waals surface area (Å²) in [5.74, 6) is 2.29. The maximum Gasteiger partial charge on any atom is 0.0934 e. The van der Waals surface area contributed by atoms with E-state index in [2.05, 4.69) is 32.7 Å². The van der Waals surface area contributed by atoms with Crippen molar-refractivity contribution in [3.63, 3.8) is 0 Å². The van der Waals surface area contributed by atoms with Gasteiger partial charge in [-0.05, 0) is 50.9 Å². The Balaban J connectivity index is 2.02. The first-order valence-corrected chi connectivity index (χ1v) is 7.97. The third-order valence-corrected chi connectivity index (χ3v) is 5.63. The van der Waals surface area contributed by atoms with Gasteiger partial charge in [-0.15, -0.1) is 11.3 Å². The molecule has 1 heterocycles. The van der Waals surface area contributed by atoms with E-state index in [0.29, 0.717) is 12.0 Å². The van der Waals surface area contributed by atoms with Crippen LogP contribution in [0.3, 0.4) is 0 Å². The fourth-order valence-corrected chi connectivity index (χ4v) is 4.04. The molecule has 102 valence electrons. The number of aromatic nitrogens is 1. The third-order valence-electron chi connectivity index (χ3n) is 4.53. The molecule has 0 radical (unpaired) electrons. The molecule has 18 heavy (non-hydrogen) atoms. The van der Waals surface area contributed by atoms with Crippen LogP contribution in [-0.2, 0) is 6.42 Å². The van der Waals surface area contributed by atoms with E-state index in [1.165, 1.54) is 34.8 Å². The van der Waals surface area contributed by atoms with Crippen LogP contribution >= 0.6 is 11.3 Å². The molecule has 0 bridgehead atoms. The van der Waals surface area contributed by atoms with Crippen LogP contribution in [0.4, 0.5) is 0 Å². The molecule has 2 rings (SSSR count). The van der Waals surface area contributed by atoms with Crippen LogP contribution < -0.4 is 5.73 Å². The van der Waals surface area contributed by atoms with Gasteiger partial charge in [-0.2, -0.15) is 0 Å². The van der Waals surface area contributed by atoms with E-state index in [-0.39, 0.29) is 0 Å². The lowest BCUT2D eigenvalue weighted by atomic mass is 9.73.